The van der Waals surface area contributed by atoms with Crippen LogP contribution in [0.3, 0.4) is 0 Å². The Bertz CT molecular complexity index is 956. The zero-order valence-corrected chi connectivity index (χ0v) is 36.1. The lowest BCUT2D eigenvalue weighted by Gasteiger charge is -2.39. The molecule has 1 aromatic rings. The fraction of sp³-hybridized carbons (Fsp3) is 0.821. The van der Waals surface area contributed by atoms with Gasteiger partial charge in [0, 0.05) is 25.6 Å². The van der Waals surface area contributed by atoms with Gasteiger partial charge in [0.2, 0.25) is 0 Å². The molecule has 5 nitrogen and oxygen atoms in total. The fourth-order valence-corrected chi connectivity index (χ4v) is 13.2. The van der Waals surface area contributed by atoms with E-state index < -0.39 is 25.0 Å². The van der Waals surface area contributed by atoms with Gasteiger partial charge < -0.3 is 18.0 Å². The summed E-state index contributed by atoms with van der Waals surface area (Å²) in [6, 6.07) is 17.1. The number of hydrogen-bond acceptors (Lipinski definition) is 5. The van der Waals surface area contributed by atoms with Crippen LogP contribution in [0.15, 0.2) is 30.3 Å². The van der Waals surface area contributed by atoms with Crippen molar-refractivity contribution in [2.75, 3.05) is 13.2 Å². The lowest BCUT2D eigenvalue weighted by molar-refractivity contribution is -0.120. The number of rotatable bonds is 26. The summed E-state index contributed by atoms with van der Waals surface area (Å²) in [5.41, 5.74) is 1.18. The first kappa shape index (κ1) is 44.4. The summed E-state index contributed by atoms with van der Waals surface area (Å²) in [7, 11) is -5.43. The summed E-state index contributed by atoms with van der Waals surface area (Å²) < 4.78 is 26.9. The standard InChI is InChI=1S/C39H76O5Si3/c1-14-46(15-2,16-3)43-37(29-30-42-45(12,13)39(9,10)11)33(7)25-27-36(40)28-26-34(8)38(44-47(17-4,18-5)19-6)32-41-31-35-23-21-20-22-24-35/h20-24,33-34,37-38H,14-19,25-32H2,1-13H3/t33-,34-,37+,38-/m0/s1. The minimum Gasteiger partial charge on any atom is -0.417 e. The van der Waals surface area contributed by atoms with E-state index in [2.05, 4.69) is 114 Å². The lowest BCUT2D eigenvalue weighted by Crippen LogP contribution is -2.44. The minimum atomic E-state index is -1.82. The number of benzene rings is 1. The van der Waals surface area contributed by atoms with Crippen LogP contribution in [0.25, 0.3) is 0 Å². The molecule has 0 heterocycles. The van der Waals surface area contributed by atoms with Crippen molar-refractivity contribution in [1.29, 1.82) is 0 Å². The third-order valence-electron chi connectivity index (χ3n) is 11.8. The second kappa shape index (κ2) is 21.6. The maximum atomic E-state index is 13.3. The Balaban J connectivity index is 2.87. The monoisotopic (exact) mass is 709 g/mol. The van der Waals surface area contributed by atoms with Crippen LogP contribution >= 0.6 is 0 Å². The molecular formula is C39H76O5Si3. The van der Waals surface area contributed by atoms with Crippen molar-refractivity contribution < 1.29 is 22.8 Å². The van der Waals surface area contributed by atoms with Crippen LogP contribution in [0.1, 0.15) is 114 Å². The number of ketones is 1. The van der Waals surface area contributed by atoms with Crippen molar-refractivity contribution >= 4 is 30.7 Å². The van der Waals surface area contributed by atoms with E-state index in [1.54, 1.807) is 0 Å². The van der Waals surface area contributed by atoms with Gasteiger partial charge in [0.1, 0.15) is 5.78 Å². The third kappa shape index (κ3) is 15.0. The molecule has 1 rings (SSSR count). The molecule has 4 atom stereocenters. The second-order valence-corrected chi connectivity index (χ2v) is 30.0. The molecule has 0 fully saturated rings. The largest absolute Gasteiger partial charge is 0.417 e. The summed E-state index contributed by atoms with van der Waals surface area (Å²) >= 11 is 0. The van der Waals surface area contributed by atoms with Crippen molar-refractivity contribution in [3.8, 4) is 0 Å². The molecule has 0 aliphatic carbocycles. The predicted octanol–water partition coefficient (Wildman–Crippen LogP) is 11.8. The zero-order valence-electron chi connectivity index (χ0n) is 33.1. The van der Waals surface area contributed by atoms with E-state index in [0.29, 0.717) is 37.8 Å². The molecule has 274 valence electrons. The van der Waals surface area contributed by atoms with Gasteiger partial charge in [-0.15, -0.1) is 0 Å². The lowest BCUT2D eigenvalue weighted by atomic mass is 9.93. The molecule has 0 saturated carbocycles. The Kier molecular flexibility index (Phi) is 20.4. The Morgan fingerprint density at radius 3 is 1.60 bits per heavy atom. The number of carbonyl (C=O) groups excluding carboxylic acids is 1. The van der Waals surface area contributed by atoms with Crippen LogP contribution < -0.4 is 0 Å². The first-order valence-corrected chi connectivity index (χ1v) is 27.2. The SMILES string of the molecule is CC[Si](CC)(CC)O[C@@H](COCc1ccccc1)[C@@H](C)CCC(=O)CC[C@H](C)[C@@H](CCO[Si](C)(C)C(C)(C)C)O[Si](CC)(CC)CC. The maximum Gasteiger partial charge on any atom is 0.192 e. The molecule has 0 aliphatic heterocycles. The average molecular weight is 709 g/mol. The minimum absolute atomic E-state index is 0.0193. The van der Waals surface area contributed by atoms with Gasteiger partial charge in [-0.2, -0.15) is 0 Å². The quantitative estimate of drug-likeness (QED) is 0.0897. The van der Waals surface area contributed by atoms with E-state index in [1.165, 1.54) is 5.56 Å². The molecule has 0 aliphatic rings. The van der Waals surface area contributed by atoms with E-state index in [0.717, 1.165) is 62.1 Å². The molecule has 0 radical (unpaired) electrons. The Labute approximate surface area is 295 Å². The smallest absolute Gasteiger partial charge is 0.192 e. The third-order valence-corrected chi connectivity index (χ3v) is 25.6. The van der Waals surface area contributed by atoms with Crippen molar-refractivity contribution in [2.45, 2.75) is 181 Å². The van der Waals surface area contributed by atoms with Gasteiger partial charge in [-0.25, -0.2) is 0 Å². The Morgan fingerprint density at radius 2 is 1.15 bits per heavy atom. The van der Waals surface area contributed by atoms with E-state index in [1.807, 2.05) is 6.07 Å². The normalized spacial score (nSPS) is 15.8. The summed E-state index contributed by atoms with van der Waals surface area (Å²) in [5.74, 6) is 0.945. The molecule has 0 spiro atoms. The van der Waals surface area contributed by atoms with Gasteiger partial charge in [-0.05, 0) is 91.1 Å². The van der Waals surface area contributed by atoms with E-state index in [9.17, 15) is 4.79 Å². The molecule has 0 bridgehead atoms. The van der Waals surface area contributed by atoms with Gasteiger partial charge in [0.25, 0.3) is 0 Å². The van der Waals surface area contributed by atoms with Gasteiger partial charge in [-0.1, -0.05) is 106 Å². The molecule has 0 unspecified atom stereocenters. The van der Waals surface area contributed by atoms with Gasteiger partial charge in [0.05, 0.1) is 19.3 Å². The van der Waals surface area contributed by atoms with Crippen molar-refractivity contribution in [1.82, 2.24) is 0 Å². The fourth-order valence-electron chi connectivity index (χ4n) is 6.20. The summed E-state index contributed by atoms with van der Waals surface area (Å²) in [4.78, 5) is 13.3. The highest BCUT2D eigenvalue weighted by molar-refractivity contribution is 6.74. The average Bonchev–Trinajstić information content (AvgIpc) is 3.06. The van der Waals surface area contributed by atoms with E-state index in [4.69, 9.17) is 18.0 Å². The molecule has 8 heteroatoms. The molecule has 0 amide bonds. The van der Waals surface area contributed by atoms with Crippen LogP contribution in [0, 0.1) is 11.8 Å². The summed E-state index contributed by atoms with van der Waals surface area (Å²) in [5, 5.41) is 0.193. The van der Waals surface area contributed by atoms with Crippen molar-refractivity contribution in [3.63, 3.8) is 0 Å². The zero-order chi connectivity index (χ0) is 35.7. The van der Waals surface area contributed by atoms with Crippen LogP contribution in [0.5, 0.6) is 0 Å². The molecule has 0 aromatic heterocycles. The predicted molar refractivity (Wildman–Crippen MR) is 210 cm³/mol. The molecule has 1 aromatic carbocycles. The molecule has 47 heavy (non-hydrogen) atoms. The van der Waals surface area contributed by atoms with Crippen LogP contribution in [-0.2, 0) is 29.4 Å². The van der Waals surface area contributed by atoms with E-state index >= 15 is 0 Å². The Hall–Kier alpha value is -0.619. The first-order valence-electron chi connectivity index (χ1n) is 19.2. The first-order chi connectivity index (χ1) is 22.1. The van der Waals surface area contributed by atoms with E-state index in [-0.39, 0.29) is 23.2 Å². The number of Topliss-reactive ketones (excluding diaryl/α,β-unsaturated/α-hetero) is 1. The Morgan fingerprint density at radius 1 is 0.702 bits per heavy atom. The molecular weight excluding hydrogens is 633 g/mol. The summed E-state index contributed by atoms with van der Waals surface area (Å²) in [6.07, 6.45) is 4.00. The van der Waals surface area contributed by atoms with Crippen LogP contribution in [-0.4, -0.2) is 56.2 Å². The van der Waals surface area contributed by atoms with Gasteiger partial charge in [0.15, 0.2) is 25.0 Å². The highest BCUT2D eigenvalue weighted by Crippen LogP contribution is 2.37. The van der Waals surface area contributed by atoms with Gasteiger partial charge >= 0.3 is 0 Å². The number of ether oxygens (including phenoxy) is 1. The van der Waals surface area contributed by atoms with Crippen LogP contribution in [0.4, 0.5) is 0 Å². The second-order valence-electron chi connectivity index (χ2n) is 15.8. The number of carbonyl (C=O) groups is 1. The van der Waals surface area contributed by atoms with Crippen LogP contribution in [0.2, 0.25) is 54.4 Å². The van der Waals surface area contributed by atoms with Crippen molar-refractivity contribution in [2.24, 2.45) is 11.8 Å². The molecule has 0 N–H and O–H groups in total. The highest BCUT2D eigenvalue weighted by Gasteiger charge is 2.39. The van der Waals surface area contributed by atoms with Crippen molar-refractivity contribution in [3.05, 3.63) is 35.9 Å². The highest BCUT2D eigenvalue weighted by atomic mass is 28.4. The molecule has 0 saturated heterocycles. The van der Waals surface area contributed by atoms with Gasteiger partial charge in [-0.3, -0.25) is 4.79 Å². The topological polar surface area (TPSA) is 54.0 Å². The maximum absolute atomic E-state index is 13.3. The summed E-state index contributed by atoms with van der Waals surface area (Å²) in [6.45, 7) is 31.7. The number of hydrogen-bond donors (Lipinski definition) is 0.